The molecule has 0 saturated carbocycles. The summed E-state index contributed by atoms with van der Waals surface area (Å²) in [6.07, 6.45) is 5.05. The van der Waals surface area contributed by atoms with E-state index in [-0.39, 0.29) is 0 Å². The van der Waals surface area contributed by atoms with Crippen LogP contribution >= 0.6 is 11.6 Å². The predicted molar refractivity (Wildman–Crippen MR) is 64.3 cm³/mol. The van der Waals surface area contributed by atoms with E-state index in [0.717, 1.165) is 6.07 Å². The molecule has 0 saturated heterocycles. The van der Waals surface area contributed by atoms with Crippen molar-refractivity contribution in [2.24, 2.45) is 0 Å². The molecule has 18 heavy (non-hydrogen) atoms. The maximum Gasteiger partial charge on any atom is 0.467 e. The van der Waals surface area contributed by atoms with Gasteiger partial charge in [-0.2, -0.15) is 8.78 Å². The fourth-order valence-corrected chi connectivity index (χ4v) is 1.80. The highest BCUT2D eigenvalue weighted by Crippen LogP contribution is 2.30. The summed E-state index contributed by atoms with van der Waals surface area (Å²) in [6, 6.07) is 2.61. The van der Waals surface area contributed by atoms with Crippen LogP contribution in [0.4, 0.5) is 8.78 Å². The maximum atomic E-state index is 12.7. The van der Waals surface area contributed by atoms with Gasteiger partial charge in [-0.25, -0.2) is 0 Å². The highest BCUT2D eigenvalue weighted by atomic mass is 35.5. The van der Waals surface area contributed by atoms with Gasteiger partial charge in [0.25, 0.3) is 0 Å². The summed E-state index contributed by atoms with van der Waals surface area (Å²) >= 11 is 4.82. The van der Waals surface area contributed by atoms with Crippen LogP contribution in [0.5, 0.6) is 0 Å². The van der Waals surface area contributed by atoms with Gasteiger partial charge in [-0.1, -0.05) is 6.07 Å². The van der Waals surface area contributed by atoms with Crippen LogP contribution in [0.2, 0.25) is 0 Å². The van der Waals surface area contributed by atoms with Gasteiger partial charge in [-0.15, -0.1) is 3.95 Å². The Morgan fingerprint density at radius 3 is 2.67 bits per heavy atom. The summed E-state index contributed by atoms with van der Waals surface area (Å²) in [4.78, 5) is 3.55. The molecule has 8 heteroatoms. The molecule has 0 spiro atoms. The van der Waals surface area contributed by atoms with Crippen molar-refractivity contribution in [1.82, 2.24) is 4.98 Å². The molecule has 98 valence electrons. The highest BCUT2D eigenvalue weighted by molar-refractivity contribution is 7.78. The van der Waals surface area contributed by atoms with Crippen LogP contribution in [0.3, 0.4) is 0 Å². The molecule has 1 rings (SSSR count). The zero-order valence-corrected chi connectivity index (χ0v) is 11.0. The van der Waals surface area contributed by atoms with Crippen LogP contribution in [0.25, 0.3) is 0 Å². The van der Waals surface area contributed by atoms with Gasteiger partial charge in [-0.3, -0.25) is 4.98 Å². The Morgan fingerprint density at radius 1 is 1.61 bits per heavy atom. The Kier molecular flexibility index (Phi) is 5.14. The van der Waals surface area contributed by atoms with E-state index in [4.69, 9.17) is 16.9 Å². The lowest BCUT2D eigenvalue weighted by Gasteiger charge is -2.07. The summed E-state index contributed by atoms with van der Waals surface area (Å²) in [7, 11) is -1.13. The number of alkyl halides is 3. The molecule has 0 bridgehead atoms. The van der Waals surface area contributed by atoms with Crippen LogP contribution in [0, 0.1) is 11.5 Å². The van der Waals surface area contributed by atoms with Crippen molar-refractivity contribution in [2.45, 2.75) is 11.8 Å². The first kappa shape index (κ1) is 15.0. The first-order valence-corrected chi connectivity index (χ1v) is 6.81. The van der Waals surface area contributed by atoms with E-state index < -0.39 is 22.0 Å². The van der Waals surface area contributed by atoms with E-state index in [0.29, 0.717) is 18.5 Å². The average molecular weight is 295 g/mol. The SMILES string of the molecule is CS(O)=[N+](C#N)CCc1ccc(C(F)(F)Cl)nc1. The van der Waals surface area contributed by atoms with E-state index in [2.05, 4.69) is 4.98 Å². The molecule has 0 aliphatic rings. The van der Waals surface area contributed by atoms with Gasteiger partial charge in [-0.05, 0) is 23.2 Å². The van der Waals surface area contributed by atoms with E-state index in [9.17, 15) is 13.3 Å². The Balaban J connectivity index is 2.72. The van der Waals surface area contributed by atoms with Crippen LogP contribution in [-0.4, -0.2) is 26.3 Å². The lowest BCUT2D eigenvalue weighted by Crippen LogP contribution is -2.14. The number of halogens is 3. The molecule has 4 nitrogen and oxygen atoms in total. The van der Waals surface area contributed by atoms with Crippen LogP contribution in [0.1, 0.15) is 11.3 Å². The van der Waals surface area contributed by atoms with Crippen molar-refractivity contribution in [1.29, 1.82) is 5.26 Å². The molecule has 1 atom stereocenters. The van der Waals surface area contributed by atoms with Gasteiger partial charge in [0.1, 0.15) is 23.2 Å². The van der Waals surface area contributed by atoms with Crippen molar-refractivity contribution >= 4 is 22.6 Å². The minimum Gasteiger partial charge on any atom is -0.306 e. The molecule has 0 fully saturated rings. The Hall–Kier alpha value is -1.10. The fourth-order valence-electron chi connectivity index (χ4n) is 1.21. The van der Waals surface area contributed by atoms with Crippen molar-refractivity contribution < 1.29 is 17.3 Å². The maximum absolute atomic E-state index is 12.7. The van der Waals surface area contributed by atoms with Gasteiger partial charge in [0, 0.05) is 18.9 Å². The predicted octanol–water partition coefficient (Wildman–Crippen LogP) is 2.31. The Labute approximate surface area is 111 Å². The molecular weight excluding hydrogens is 284 g/mol. The number of nitriles is 1. The number of nitrogens with zero attached hydrogens (tertiary/aromatic N) is 3. The first-order chi connectivity index (χ1) is 8.34. The second-order valence-electron chi connectivity index (χ2n) is 3.45. The van der Waals surface area contributed by atoms with Crippen LogP contribution in [0.15, 0.2) is 18.3 Å². The monoisotopic (exact) mass is 294 g/mol. The summed E-state index contributed by atoms with van der Waals surface area (Å²) in [5.41, 5.74) is 0.174. The van der Waals surface area contributed by atoms with Crippen molar-refractivity contribution in [2.75, 3.05) is 12.8 Å². The molecule has 0 radical (unpaired) electrons. The smallest absolute Gasteiger partial charge is 0.306 e. The van der Waals surface area contributed by atoms with Crippen molar-refractivity contribution in [3.63, 3.8) is 0 Å². The average Bonchev–Trinajstić information content (AvgIpc) is 2.29. The molecule has 0 aliphatic carbocycles. The molecule has 1 unspecified atom stereocenters. The minimum absolute atomic E-state index is 0.297. The highest BCUT2D eigenvalue weighted by Gasteiger charge is 2.29. The molecule has 1 aromatic heterocycles. The molecule has 0 amide bonds. The number of hydrogen-bond donors (Lipinski definition) is 1. The number of hydrogen-bond acceptors (Lipinski definition) is 2. The summed E-state index contributed by atoms with van der Waals surface area (Å²) in [5.74, 6) is 0. The fraction of sp³-hybridized carbons (Fsp3) is 0.400. The first-order valence-electron chi connectivity index (χ1n) is 4.89. The molecule has 1 N–H and O–H groups in total. The number of aromatic nitrogens is 1. The number of pyridine rings is 1. The van der Waals surface area contributed by atoms with Crippen LogP contribution in [-0.2, 0) is 22.8 Å². The normalized spacial score (nSPS) is 13.9. The largest absolute Gasteiger partial charge is 0.467 e. The lowest BCUT2D eigenvalue weighted by molar-refractivity contribution is -0.414. The van der Waals surface area contributed by atoms with E-state index >= 15 is 0 Å². The molecule has 1 heterocycles. The van der Waals surface area contributed by atoms with Gasteiger partial charge in [0.15, 0.2) is 5.26 Å². The van der Waals surface area contributed by atoms with Crippen molar-refractivity contribution in [3.8, 4) is 6.19 Å². The second-order valence-corrected chi connectivity index (χ2v) is 5.26. The third kappa shape index (κ3) is 4.29. The zero-order chi connectivity index (χ0) is 13.8. The zero-order valence-electron chi connectivity index (χ0n) is 9.48. The molecule has 1 aromatic rings. The molecule has 0 aliphatic heterocycles. The van der Waals surface area contributed by atoms with E-state index in [1.54, 1.807) is 0 Å². The van der Waals surface area contributed by atoms with Crippen molar-refractivity contribution in [3.05, 3.63) is 29.6 Å². The molecule has 0 aromatic carbocycles. The Morgan fingerprint density at radius 2 is 2.28 bits per heavy atom. The third-order valence-corrected chi connectivity index (χ3v) is 3.24. The topological polar surface area (TPSA) is 59.9 Å². The van der Waals surface area contributed by atoms with Crippen LogP contribution < -0.4 is 0 Å². The molecular formula is C10H11ClF2N3OS+. The summed E-state index contributed by atoms with van der Waals surface area (Å²) in [5, 5.41) is 5.24. The van der Waals surface area contributed by atoms with Gasteiger partial charge in [0.05, 0.1) is 0 Å². The standard InChI is InChI=1S/C10H10ClF2N3OS/c1-18(17)16(7-14)5-4-8-2-3-9(15-6-8)10(11,12)13/h2-3,6H,4-5H2,1H3/p+1. The second kappa shape index (κ2) is 6.18. The minimum atomic E-state index is -3.47. The van der Waals surface area contributed by atoms with E-state index in [1.165, 1.54) is 22.5 Å². The summed E-state index contributed by atoms with van der Waals surface area (Å²) in [6.45, 7) is 0.297. The Bertz CT molecular complexity index is 489. The van der Waals surface area contributed by atoms with Gasteiger partial charge >= 0.3 is 11.6 Å². The van der Waals surface area contributed by atoms with E-state index in [1.807, 2.05) is 6.19 Å². The number of rotatable bonds is 4. The summed E-state index contributed by atoms with van der Waals surface area (Å²) < 4.78 is 35.8. The quantitative estimate of drug-likeness (QED) is 0.401. The van der Waals surface area contributed by atoms with Gasteiger partial charge < -0.3 is 4.55 Å². The third-order valence-electron chi connectivity index (χ3n) is 2.15. The van der Waals surface area contributed by atoms with Gasteiger partial charge in [0.2, 0.25) is 0 Å². The lowest BCUT2D eigenvalue weighted by atomic mass is 10.2.